The molecule has 1 aromatic rings. The fourth-order valence-electron chi connectivity index (χ4n) is 2.18. The number of benzene rings is 1. The normalized spacial score (nSPS) is 14.5. The van der Waals surface area contributed by atoms with Crippen LogP contribution in [-0.2, 0) is 9.53 Å². The van der Waals surface area contributed by atoms with E-state index in [-0.39, 0.29) is 25.3 Å². The molecular weight excluding hydrogens is 371 g/mol. The van der Waals surface area contributed by atoms with Gasteiger partial charge in [-0.15, -0.1) is 11.8 Å². The molecule has 0 aliphatic carbocycles. The summed E-state index contributed by atoms with van der Waals surface area (Å²) in [5.41, 5.74) is 1.06. The monoisotopic (exact) mass is 389 g/mol. The highest BCUT2D eigenvalue weighted by molar-refractivity contribution is 7.99. The number of halogens is 3. The number of carbonyl (C=O) groups is 2. The lowest BCUT2D eigenvalue weighted by Gasteiger charge is -2.22. The van der Waals surface area contributed by atoms with Crippen molar-refractivity contribution >= 4 is 29.4 Å². The molecule has 0 unspecified atom stereocenters. The third kappa shape index (κ3) is 5.87. The molecule has 0 fully saturated rings. The highest BCUT2D eigenvalue weighted by atomic mass is 32.2. The van der Waals surface area contributed by atoms with E-state index in [9.17, 15) is 22.8 Å². The molecule has 0 radical (unpaired) electrons. The van der Waals surface area contributed by atoms with Crippen molar-refractivity contribution in [2.24, 2.45) is 0 Å². The molecule has 0 atom stereocenters. The average molecular weight is 389 g/mol. The second-order valence-corrected chi connectivity index (χ2v) is 6.26. The summed E-state index contributed by atoms with van der Waals surface area (Å²) in [6.45, 7) is 1.94. The van der Waals surface area contributed by atoms with Gasteiger partial charge in [0.05, 0.1) is 36.7 Å². The van der Waals surface area contributed by atoms with Crippen LogP contribution in [-0.4, -0.2) is 43.6 Å². The van der Waals surface area contributed by atoms with Gasteiger partial charge in [-0.25, -0.2) is 9.59 Å². The first-order chi connectivity index (χ1) is 12.3. The number of amides is 2. The van der Waals surface area contributed by atoms with Gasteiger partial charge in [0.25, 0.3) is 0 Å². The van der Waals surface area contributed by atoms with Crippen LogP contribution in [0.15, 0.2) is 40.4 Å². The number of rotatable bonds is 7. The lowest BCUT2D eigenvalue weighted by molar-refractivity contribution is -0.138. The molecule has 26 heavy (non-hydrogen) atoms. The van der Waals surface area contributed by atoms with E-state index in [0.29, 0.717) is 28.0 Å². The lowest BCUT2D eigenvalue weighted by Crippen LogP contribution is -2.45. The van der Waals surface area contributed by atoms with Crippen molar-refractivity contribution in [3.8, 4) is 0 Å². The first kappa shape index (κ1) is 20.0. The van der Waals surface area contributed by atoms with Crippen LogP contribution in [0.1, 0.15) is 6.92 Å². The highest BCUT2D eigenvalue weighted by Crippen LogP contribution is 2.32. The second-order valence-electron chi connectivity index (χ2n) is 5.24. The van der Waals surface area contributed by atoms with Crippen LogP contribution in [0.2, 0.25) is 0 Å². The number of urea groups is 1. The van der Waals surface area contributed by atoms with E-state index in [4.69, 9.17) is 4.74 Å². The Bertz CT molecular complexity index is 707. The van der Waals surface area contributed by atoms with Gasteiger partial charge in [0, 0.05) is 10.6 Å². The second kappa shape index (κ2) is 8.84. The van der Waals surface area contributed by atoms with Crippen LogP contribution in [0.25, 0.3) is 0 Å². The van der Waals surface area contributed by atoms with Gasteiger partial charge in [-0.1, -0.05) is 12.1 Å². The number of ether oxygens (including phenoxy) is 1. The zero-order valence-electron chi connectivity index (χ0n) is 13.9. The van der Waals surface area contributed by atoms with Crippen molar-refractivity contribution in [2.75, 3.05) is 30.8 Å². The molecule has 6 nitrogen and oxygen atoms in total. The molecule has 0 bridgehead atoms. The number of esters is 1. The van der Waals surface area contributed by atoms with E-state index >= 15 is 0 Å². The third-order valence-electron chi connectivity index (χ3n) is 3.31. The van der Waals surface area contributed by atoms with Crippen LogP contribution in [0.4, 0.5) is 23.7 Å². The summed E-state index contributed by atoms with van der Waals surface area (Å²) in [5.74, 6) is -1.57. The molecule has 0 saturated carbocycles. The van der Waals surface area contributed by atoms with Crippen LogP contribution < -0.4 is 16.0 Å². The predicted molar refractivity (Wildman–Crippen MR) is 91.9 cm³/mol. The molecule has 0 spiro atoms. The zero-order chi connectivity index (χ0) is 19.2. The molecule has 2 rings (SSSR count). The number of anilines is 1. The van der Waals surface area contributed by atoms with Gasteiger partial charge in [-0.2, -0.15) is 13.2 Å². The minimum atomic E-state index is -4.28. The summed E-state index contributed by atoms with van der Waals surface area (Å²) in [6, 6.07) is 6.06. The quantitative estimate of drug-likeness (QED) is 0.494. The van der Waals surface area contributed by atoms with Crippen molar-refractivity contribution in [3.63, 3.8) is 0 Å². The fraction of sp³-hybridized carbons (Fsp3) is 0.375. The SMILES string of the molecule is CCOC(=O)C1=C(CNc2ccccc2SCC(F)(F)F)NC(=O)NC1. The minimum Gasteiger partial charge on any atom is -0.463 e. The summed E-state index contributed by atoms with van der Waals surface area (Å²) in [6.07, 6.45) is -4.28. The van der Waals surface area contributed by atoms with Gasteiger partial charge < -0.3 is 20.7 Å². The number of thioether (sulfide) groups is 1. The van der Waals surface area contributed by atoms with E-state index in [1.54, 1.807) is 31.2 Å². The Morgan fingerprint density at radius 1 is 1.35 bits per heavy atom. The summed E-state index contributed by atoms with van der Waals surface area (Å²) in [7, 11) is 0. The maximum Gasteiger partial charge on any atom is 0.398 e. The molecule has 0 saturated heterocycles. The van der Waals surface area contributed by atoms with Gasteiger partial charge in [0.2, 0.25) is 0 Å². The number of para-hydroxylation sites is 1. The van der Waals surface area contributed by atoms with Gasteiger partial charge in [-0.3, -0.25) is 0 Å². The average Bonchev–Trinajstić information content (AvgIpc) is 2.58. The highest BCUT2D eigenvalue weighted by Gasteiger charge is 2.28. The molecule has 1 aromatic carbocycles. The summed E-state index contributed by atoms with van der Waals surface area (Å²) in [4.78, 5) is 23.9. The Balaban J connectivity index is 2.13. The zero-order valence-corrected chi connectivity index (χ0v) is 14.7. The first-order valence-electron chi connectivity index (χ1n) is 7.76. The van der Waals surface area contributed by atoms with Crippen LogP contribution in [0.5, 0.6) is 0 Å². The number of hydrogen-bond donors (Lipinski definition) is 3. The number of carbonyl (C=O) groups excluding carboxylic acids is 2. The van der Waals surface area contributed by atoms with Gasteiger partial charge in [0.15, 0.2) is 0 Å². The van der Waals surface area contributed by atoms with E-state index < -0.39 is 23.9 Å². The van der Waals surface area contributed by atoms with Crippen molar-refractivity contribution in [2.45, 2.75) is 18.0 Å². The molecule has 10 heteroatoms. The summed E-state index contributed by atoms with van der Waals surface area (Å²) in [5, 5.41) is 7.98. The molecule has 1 aliphatic rings. The largest absolute Gasteiger partial charge is 0.463 e. The number of nitrogens with one attached hydrogen (secondary N) is 3. The first-order valence-corrected chi connectivity index (χ1v) is 8.75. The minimum absolute atomic E-state index is 0.0200. The molecular formula is C16H18F3N3O3S. The molecule has 2 amide bonds. The molecule has 0 aromatic heterocycles. The summed E-state index contributed by atoms with van der Waals surface area (Å²) >= 11 is 0.661. The topological polar surface area (TPSA) is 79.5 Å². The Labute approximate surface area is 152 Å². The number of hydrogen-bond acceptors (Lipinski definition) is 5. The Morgan fingerprint density at radius 2 is 2.08 bits per heavy atom. The van der Waals surface area contributed by atoms with Crippen molar-refractivity contribution in [1.82, 2.24) is 10.6 Å². The molecule has 1 aliphatic heterocycles. The van der Waals surface area contributed by atoms with Crippen LogP contribution in [0.3, 0.4) is 0 Å². The van der Waals surface area contributed by atoms with Gasteiger partial charge >= 0.3 is 18.2 Å². The van der Waals surface area contributed by atoms with E-state index in [0.717, 1.165) is 0 Å². The smallest absolute Gasteiger partial charge is 0.398 e. The Morgan fingerprint density at radius 3 is 2.77 bits per heavy atom. The van der Waals surface area contributed by atoms with Crippen LogP contribution in [0, 0.1) is 0 Å². The van der Waals surface area contributed by atoms with E-state index in [1.807, 2.05) is 0 Å². The van der Waals surface area contributed by atoms with Gasteiger partial charge in [-0.05, 0) is 19.1 Å². The number of alkyl halides is 3. The maximum atomic E-state index is 12.5. The molecule has 1 heterocycles. The standard InChI is InChI=1S/C16H18F3N3O3S/c1-2-25-14(23)10-7-21-15(24)22-12(10)8-20-11-5-3-4-6-13(11)26-9-16(17,18)19/h3-6,20H,2,7-9H2,1H3,(H2,21,22,24). The lowest BCUT2D eigenvalue weighted by atomic mass is 10.1. The Hall–Kier alpha value is -2.36. The third-order valence-corrected chi connectivity index (χ3v) is 4.45. The van der Waals surface area contributed by atoms with Gasteiger partial charge in [0.1, 0.15) is 0 Å². The van der Waals surface area contributed by atoms with Crippen LogP contribution >= 0.6 is 11.8 Å². The molecule has 3 N–H and O–H groups in total. The fourth-order valence-corrected chi connectivity index (χ4v) is 2.97. The van der Waals surface area contributed by atoms with E-state index in [1.165, 1.54) is 0 Å². The maximum absolute atomic E-state index is 12.5. The predicted octanol–water partition coefficient (Wildman–Crippen LogP) is 2.88. The van der Waals surface area contributed by atoms with Crippen molar-refractivity contribution < 1.29 is 27.5 Å². The van der Waals surface area contributed by atoms with E-state index in [2.05, 4.69) is 16.0 Å². The van der Waals surface area contributed by atoms with Crippen molar-refractivity contribution in [1.29, 1.82) is 0 Å². The Kier molecular flexibility index (Phi) is 6.78. The summed E-state index contributed by atoms with van der Waals surface area (Å²) < 4.78 is 42.3. The molecule has 142 valence electrons. The van der Waals surface area contributed by atoms with Crippen molar-refractivity contribution in [3.05, 3.63) is 35.5 Å².